The Bertz CT molecular complexity index is 683. The third-order valence-corrected chi connectivity index (χ3v) is 5.42. The van der Waals surface area contributed by atoms with Crippen LogP contribution in [0.4, 0.5) is 5.69 Å². The van der Waals surface area contributed by atoms with Crippen LogP contribution in [0.15, 0.2) is 22.5 Å². The van der Waals surface area contributed by atoms with Crippen LogP contribution in [0.25, 0.3) is 0 Å². The molecule has 0 aliphatic carbocycles. The molecule has 0 aromatic carbocycles. The first kappa shape index (κ1) is 14.0. The summed E-state index contributed by atoms with van der Waals surface area (Å²) in [5, 5.41) is 0. The van der Waals surface area contributed by atoms with Gasteiger partial charge in [-0.1, -0.05) is 22.9 Å². The third-order valence-electron chi connectivity index (χ3n) is 2.17. The number of rotatable bonds is 4. The van der Waals surface area contributed by atoms with Crippen LogP contribution in [0.5, 0.6) is 5.88 Å². The smallest absolute Gasteiger partial charge is 0.273 e. The van der Waals surface area contributed by atoms with Crippen molar-refractivity contribution in [1.82, 2.24) is 9.97 Å². The maximum absolute atomic E-state index is 12.1. The number of methoxy groups -OCH3 is 1. The van der Waals surface area contributed by atoms with Crippen molar-refractivity contribution in [2.45, 2.75) is 11.1 Å². The molecule has 102 valence electrons. The van der Waals surface area contributed by atoms with Crippen LogP contribution in [0, 0.1) is 6.92 Å². The summed E-state index contributed by atoms with van der Waals surface area (Å²) in [5.74, 6) is 0.403. The number of halogens is 1. The van der Waals surface area contributed by atoms with Gasteiger partial charge in [0.1, 0.15) is 0 Å². The highest BCUT2D eigenvalue weighted by atomic mass is 35.5. The molecule has 0 fully saturated rings. The van der Waals surface area contributed by atoms with Gasteiger partial charge in [0, 0.05) is 6.07 Å². The Kier molecular flexibility index (Phi) is 3.93. The molecule has 0 atom stereocenters. The average molecular weight is 320 g/mol. The highest BCUT2D eigenvalue weighted by Gasteiger charge is 2.21. The molecule has 0 amide bonds. The first-order valence-corrected chi connectivity index (χ1v) is 7.76. The summed E-state index contributed by atoms with van der Waals surface area (Å²) in [6, 6.07) is 3.12. The van der Waals surface area contributed by atoms with Crippen molar-refractivity contribution in [3.8, 4) is 5.88 Å². The zero-order valence-corrected chi connectivity index (χ0v) is 12.4. The van der Waals surface area contributed by atoms with Gasteiger partial charge in [-0.2, -0.15) is 0 Å². The Morgan fingerprint density at radius 1 is 1.42 bits per heavy atom. The van der Waals surface area contributed by atoms with E-state index in [1.165, 1.54) is 13.3 Å². The molecule has 6 nitrogen and oxygen atoms in total. The van der Waals surface area contributed by atoms with Gasteiger partial charge in [0.15, 0.2) is 8.68 Å². The van der Waals surface area contributed by atoms with Crippen molar-refractivity contribution in [3.05, 3.63) is 28.5 Å². The normalized spacial score (nSPS) is 11.3. The minimum Gasteiger partial charge on any atom is -0.481 e. The van der Waals surface area contributed by atoms with E-state index in [1.54, 1.807) is 19.1 Å². The lowest BCUT2D eigenvalue weighted by Crippen LogP contribution is -2.12. The summed E-state index contributed by atoms with van der Waals surface area (Å²) in [6.45, 7) is 1.59. The highest BCUT2D eigenvalue weighted by Crippen LogP contribution is 2.28. The van der Waals surface area contributed by atoms with Crippen LogP contribution in [-0.2, 0) is 10.0 Å². The van der Waals surface area contributed by atoms with E-state index >= 15 is 0 Å². The maximum Gasteiger partial charge on any atom is 0.273 e. The first-order valence-electron chi connectivity index (χ1n) is 5.08. The molecule has 1 N–H and O–H groups in total. The van der Waals surface area contributed by atoms with Crippen LogP contribution in [0.2, 0.25) is 4.47 Å². The summed E-state index contributed by atoms with van der Waals surface area (Å²) in [6.07, 6.45) is 1.37. The van der Waals surface area contributed by atoms with E-state index in [0.29, 0.717) is 17.3 Å². The Hall–Kier alpha value is -1.38. The van der Waals surface area contributed by atoms with Crippen LogP contribution < -0.4 is 9.46 Å². The lowest BCUT2D eigenvalue weighted by molar-refractivity contribution is 0.398. The molecule has 2 aromatic rings. The summed E-state index contributed by atoms with van der Waals surface area (Å²) in [5.41, 5.74) is 0.702. The predicted octanol–water partition coefficient (Wildman–Crippen LogP) is 2.31. The predicted molar refractivity (Wildman–Crippen MR) is 73.5 cm³/mol. The maximum atomic E-state index is 12.1. The number of aromatic nitrogens is 2. The van der Waals surface area contributed by atoms with E-state index in [9.17, 15) is 8.42 Å². The monoisotopic (exact) mass is 319 g/mol. The number of nitrogens with one attached hydrogen (secondary N) is 1. The number of ether oxygens (including phenoxy) is 1. The number of aryl methyl sites for hydroxylation is 1. The Morgan fingerprint density at radius 3 is 2.63 bits per heavy atom. The molecular weight excluding hydrogens is 310 g/mol. The molecule has 0 spiro atoms. The molecule has 2 heterocycles. The van der Waals surface area contributed by atoms with Gasteiger partial charge in [0.2, 0.25) is 5.88 Å². The summed E-state index contributed by atoms with van der Waals surface area (Å²) in [4.78, 5) is 7.79. The summed E-state index contributed by atoms with van der Waals surface area (Å²) in [7, 11) is -2.22. The van der Waals surface area contributed by atoms with Crippen molar-refractivity contribution in [1.29, 1.82) is 0 Å². The number of thiazole rings is 1. The number of hydrogen-bond acceptors (Lipinski definition) is 6. The second-order valence-corrected chi connectivity index (χ2v) is 6.99. The fourth-order valence-electron chi connectivity index (χ4n) is 1.36. The van der Waals surface area contributed by atoms with E-state index in [4.69, 9.17) is 16.3 Å². The molecule has 0 saturated carbocycles. The van der Waals surface area contributed by atoms with Crippen molar-refractivity contribution in [3.63, 3.8) is 0 Å². The Balaban J connectivity index is 2.28. The van der Waals surface area contributed by atoms with Crippen molar-refractivity contribution in [2.75, 3.05) is 11.8 Å². The van der Waals surface area contributed by atoms with Crippen LogP contribution in [0.3, 0.4) is 0 Å². The van der Waals surface area contributed by atoms with Gasteiger partial charge in [-0.15, -0.1) is 0 Å². The Morgan fingerprint density at radius 2 is 2.16 bits per heavy atom. The molecule has 0 radical (unpaired) electrons. The van der Waals surface area contributed by atoms with E-state index in [1.807, 2.05) is 0 Å². The fraction of sp³-hybridized carbons (Fsp3) is 0.200. The molecule has 2 rings (SSSR count). The molecule has 9 heteroatoms. The van der Waals surface area contributed by atoms with E-state index in [-0.39, 0.29) is 8.68 Å². The molecule has 19 heavy (non-hydrogen) atoms. The summed E-state index contributed by atoms with van der Waals surface area (Å²) < 4.78 is 31.8. The zero-order chi connectivity index (χ0) is 14.0. The van der Waals surface area contributed by atoms with Gasteiger partial charge in [-0.25, -0.2) is 18.4 Å². The fourth-order valence-corrected chi connectivity index (χ4v) is 4.15. The lowest BCUT2D eigenvalue weighted by Gasteiger charge is -2.06. The van der Waals surface area contributed by atoms with Gasteiger partial charge in [-0.05, 0) is 13.0 Å². The molecule has 0 aliphatic heterocycles. The van der Waals surface area contributed by atoms with Crippen molar-refractivity contribution in [2.24, 2.45) is 0 Å². The minimum atomic E-state index is -3.70. The van der Waals surface area contributed by atoms with E-state index < -0.39 is 10.0 Å². The number of hydrogen-bond donors (Lipinski definition) is 1. The molecular formula is C10H10ClN3O3S2. The van der Waals surface area contributed by atoms with Crippen molar-refractivity contribution >= 4 is 38.6 Å². The standard InChI is InChI=1S/C10H10ClN3O3S2/c1-6-9(18-10(11)13-6)19(15,16)14-7-3-4-8(17-2)12-5-7/h3-5,14H,1-2H3. The van der Waals surface area contributed by atoms with Crippen molar-refractivity contribution < 1.29 is 13.2 Å². The van der Waals surface area contributed by atoms with Gasteiger partial charge < -0.3 is 4.74 Å². The quantitative estimate of drug-likeness (QED) is 0.935. The second-order valence-electron chi connectivity index (χ2n) is 3.53. The largest absolute Gasteiger partial charge is 0.481 e. The molecule has 2 aromatic heterocycles. The molecule has 0 bridgehead atoms. The minimum absolute atomic E-state index is 0.0910. The number of pyridine rings is 1. The highest BCUT2D eigenvalue weighted by molar-refractivity contribution is 7.94. The number of nitrogens with zero attached hydrogens (tertiary/aromatic N) is 2. The lowest BCUT2D eigenvalue weighted by atomic mass is 10.4. The summed E-state index contributed by atoms with van der Waals surface area (Å²) >= 11 is 6.61. The second kappa shape index (κ2) is 5.32. The van der Waals surface area contributed by atoms with Gasteiger partial charge in [0.05, 0.1) is 24.7 Å². The average Bonchev–Trinajstić information content (AvgIpc) is 2.70. The Labute approximate surface area is 119 Å². The van der Waals surface area contributed by atoms with E-state index in [2.05, 4.69) is 14.7 Å². The molecule has 0 unspecified atom stereocenters. The molecule has 0 saturated heterocycles. The van der Waals surface area contributed by atoms with Gasteiger partial charge in [0.25, 0.3) is 10.0 Å². The van der Waals surface area contributed by atoms with Gasteiger partial charge >= 0.3 is 0 Å². The third kappa shape index (κ3) is 3.14. The zero-order valence-electron chi connectivity index (χ0n) is 10.0. The topological polar surface area (TPSA) is 81.2 Å². The van der Waals surface area contributed by atoms with Crippen LogP contribution >= 0.6 is 22.9 Å². The van der Waals surface area contributed by atoms with E-state index in [0.717, 1.165) is 11.3 Å². The molecule has 0 aliphatic rings. The number of anilines is 1. The van der Waals surface area contributed by atoms with Crippen LogP contribution in [-0.4, -0.2) is 25.5 Å². The van der Waals surface area contributed by atoms with Gasteiger partial charge in [-0.3, -0.25) is 4.72 Å². The number of sulfonamides is 1. The SMILES string of the molecule is COc1ccc(NS(=O)(=O)c2sc(Cl)nc2C)cn1. The van der Waals surface area contributed by atoms with Crippen LogP contribution in [0.1, 0.15) is 5.69 Å². The first-order chi connectivity index (χ1) is 8.92.